The Labute approximate surface area is 205 Å². The molecule has 1 spiro atoms. The Kier molecular flexibility index (Phi) is 6.36. The summed E-state index contributed by atoms with van der Waals surface area (Å²) < 4.78 is 5.92. The number of benzene rings is 2. The molecule has 2 aromatic rings. The molecule has 1 amide bonds. The van der Waals surface area contributed by atoms with E-state index in [1.54, 1.807) is 6.92 Å². The predicted molar refractivity (Wildman–Crippen MR) is 133 cm³/mol. The normalized spacial score (nSPS) is 20.7. The van der Waals surface area contributed by atoms with Gasteiger partial charge in [-0.05, 0) is 30.7 Å². The average molecular weight is 480 g/mol. The number of anilines is 1. The molecule has 178 valence electrons. The van der Waals surface area contributed by atoms with Crippen LogP contribution >= 0.6 is 11.6 Å². The number of hydrogen-bond acceptors (Lipinski definition) is 5. The smallest absolute Gasteiger partial charge is 0.335 e. The van der Waals surface area contributed by atoms with Crippen LogP contribution in [0.5, 0.6) is 0 Å². The van der Waals surface area contributed by atoms with E-state index in [9.17, 15) is 9.59 Å². The minimum absolute atomic E-state index is 0.0504. The van der Waals surface area contributed by atoms with Gasteiger partial charge < -0.3 is 14.5 Å². The second-order valence-electron chi connectivity index (χ2n) is 9.40. The summed E-state index contributed by atoms with van der Waals surface area (Å²) in [6, 6.07) is 18.2. The maximum absolute atomic E-state index is 13.7. The molecule has 0 radical (unpaired) electrons. The number of piperidine rings is 1. The van der Waals surface area contributed by atoms with Crippen molar-refractivity contribution in [3.05, 3.63) is 76.3 Å². The summed E-state index contributed by atoms with van der Waals surface area (Å²) >= 11 is 6.15. The molecule has 0 aromatic heterocycles. The highest BCUT2D eigenvalue weighted by Crippen LogP contribution is 2.42. The van der Waals surface area contributed by atoms with E-state index in [0.29, 0.717) is 42.1 Å². The summed E-state index contributed by atoms with van der Waals surface area (Å²) in [7, 11) is 0. The van der Waals surface area contributed by atoms with E-state index in [2.05, 4.69) is 34.1 Å². The number of amides is 1. The fourth-order valence-corrected chi connectivity index (χ4v) is 5.55. The molecule has 5 rings (SSSR count). The van der Waals surface area contributed by atoms with Gasteiger partial charge in [0.05, 0.1) is 5.57 Å². The molecule has 3 aliphatic rings. The monoisotopic (exact) mass is 479 g/mol. The van der Waals surface area contributed by atoms with Gasteiger partial charge in [-0.15, -0.1) is 0 Å². The van der Waals surface area contributed by atoms with Gasteiger partial charge in [-0.1, -0.05) is 48.0 Å². The first-order chi connectivity index (χ1) is 16.4. The molecule has 0 N–H and O–H groups in total. The van der Waals surface area contributed by atoms with E-state index in [4.69, 9.17) is 16.3 Å². The third kappa shape index (κ3) is 4.44. The molecule has 0 unspecified atom stereocenters. The summed E-state index contributed by atoms with van der Waals surface area (Å²) in [6.07, 6.45) is 1.29. The largest absolute Gasteiger partial charge is 0.450 e. The highest BCUT2D eigenvalue weighted by Gasteiger charge is 2.51. The quantitative estimate of drug-likeness (QED) is 0.622. The Bertz CT molecular complexity index is 1100. The van der Waals surface area contributed by atoms with Crippen LogP contribution in [0.3, 0.4) is 0 Å². The standard InChI is InChI=1S/C27H30ClN3O3/c1-20-24(25(32)31-16-14-30(15-17-31)23-9-5-8-22(28)18-23)27(34-26(20)33)10-12-29(13-11-27)19-21-6-3-2-4-7-21/h2-9,18H,10-17,19H2,1H3. The molecule has 2 aromatic carbocycles. The molecule has 0 atom stereocenters. The van der Waals surface area contributed by atoms with Crippen LogP contribution in [0.4, 0.5) is 5.69 Å². The second-order valence-corrected chi connectivity index (χ2v) is 9.84. The summed E-state index contributed by atoms with van der Waals surface area (Å²) in [6.45, 7) is 6.84. The van der Waals surface area contributed by atoms with Crippen LogP contribution in [0.2, 0.25) is 5.02 Å². The number of piperazine rings is 1. The van der Waals surface area contributed by atoms with Gasteiger partial charge in [0.2, 0.25) is 0 Å². The molecule has 2 fully saturated rings. The molecule has 0 aliphatic carbocycles. The van der Waals surface area contributed by atoms with E-state index < -0.39 is 5.60 Å². The third-order valence-corrected chi connectivity index (χ3v) is 7.53. The van der Waals surface area contributed by atoms with Crippen LogP contribution in [0.25, 0.3) is 0 Å². The van der Waals surface area contributed by atoms with Crippen LogP contribution in [0.15, 0.2) is 65.7 Å². The van der Waals surface area contributed by atoms with Crippen molar-refractivity contribution in [2.75, 3.05) is 44.2 Å². The SMILES string of the molecule is CC1=C(C(=O)N2CCN(c3cccc(Cl)c3)CC2)C2(CCN(Cc3ccccc3)CC2)OC1=O. The van der Waals surface area contributed by atoms with Crippen LogP contribution in [-0.4, -0.2) is 66.5 Å². The first-order valence-corrected chi connectivity index (χ1v) is 12.3. The Morgan fingerprint density at radius 3 is 2.35 bits per heavy atom. The molecule has 0 saturated carbocycles. The van der Waals surface area contributed by atoms with Crippen LogP contribution in [0, 0.1) is 0 Å². The minimum atomic E-state index is -0.796. The summed E-state index contributed by atoms with van der Waals surface area (Å²) in [5.74, 6) is -0.400. The number of halogens is 1. The fourth-order valence-electron chi connectivity index (χ4n) is 5.37. The number of hydrogen-bond donors (Lipinski definition) is 0. The van der Waals surface area contributed by atoms with Gasteiger partial charge in [-0.3, -0.25) is 9.69 Å². The lowest BCUT2D eigenvalue weighted by atomic mass is 9.82. The number of carbonyl (C=O) groups is 2. The summed E-state index contributed by atoms with van der Waals surface area (Å²) in [5, 5.41) is 0.707. The van der Waals surface area contributed by atoms with Gasteiger partial charge in [0.15, 0.2) is 0 Å². The number of ether oxygens (including phenoxy) is 1. The van der Waals surface area contributed by atoms with Crippen molar-refractivity contribution in [3.63, 3.8) is 0 Å². The molecule has 3 heterocycles. The second kappa shape index (κ2) is 9.43. The van der Waals surface area contributed by atoms with Gasteiger partial charge in [-0.2, -0.15) is 0 Å². The van der Waals surface area contributed by atoms with Crippen LogP contribution < -0.4 is 4.90 Å². The van der Waals surface area contributed by atoms with Gasteiger partial charge >= 0.3 is 5.97 Å². The van der Waals surface area contributed by atoms with Crippen LogP contribution in [-0.2, 0) is 20.9 Å². The number of rotatable bonds is 4. The lowest BCUT2D eigenvalue weighted by molar-refractivity contribution is -0.151. The average Bonchev–Trinajstić information content (AvgIpc) is 3.10. The molecule has 34 heavy (non-hydrogen) atoms. The highest BCUT2D eigenvalue weighted by molar-refractivity contribution is 6.30. The predicted octanol–water partition coefficient (Wildman–Crippen LogP) is 3.90. The summed E-state index contributed by atoms with van der Waals surface area (Å²) in [4.78, 5) is 32.8. The molecule has 6 nitrogen and oxygen atoms in total. The zero-order valence-electron chi connectivity index (χ0n) is 19.5. The lowest BCUT2D eigenvalue weighted by Crippen LogP contribution is -2.53. The zero-order chi connectivity index (χ0) is 23.7. The van der Waals surface area contributed by atoms with Crippen molar-refractivity contribution in [2.24, 2.45) is 0 Å². The number of nitrogens with zero attached hydrogens (tertiary/aromatic N) is 3. The third-order valence-electron chi connectivity index (χ3n) is 7.29. The molecular weight excluding hydrogens is 450 g/mol. The molecular formula is C27H30ClN3O3. The van der Waals surface area contributed by atoms with Gasteiger partial charge in [0.25, 0.3) is 5.91 Å². The van der Waals surface area contributed by atoms with Crippen molar-refractivity contribution < 1.29 is 14.3 Å². The van der Waals surface area contributed by atoms with Crippen molar-refractivity contribution in [1.82, 2.24) is 9.80 Å². The molecule has 7 heteroatoms. The molecule has 2 saturated heterocycles. The maximum Gasteiger partial charge on any atom is 0.335 e. The Balaban J connectivity index is 1.26. The number of esters is 1. The first kappa shape index (κ1) is 22.9. The van der Waals surface area contributed by atoms with E-state index in [-0.39, 0.29) is 11.9 Å². The van der Waals surface area contributed by atoms with Gasteiger partial charge in [0, 0.05) is 74.9 Å². The fraction of sp³-hybridized carbons (Fsp3) is 0.407. The van der Waals surface area contributed by atoms with Crippen molar-refractivity contribution in [1.29, 1.82) is 0 Å². The molecule has 0 bridgehead atoms. The first-order valence-electron chi connectivity index (χ1n) is 12.0. The highest BCUT2D eigenvalue weighted by atomic mass is 35.5. The zero-order valence-corrected chi connectivity index (χ0v) is 20.3. The topological polar surface area (TPSA) is 53.1 Å². The number of carbonyl (C=O) groups excluding carboxylic acids is 2. The van der Waals surface area contributed by atoms with Crippen molar-refractivity contribution in [3.8, 4) is 0 Å². The summed E-state index contributed by atoms with van der Waals surface area (Å²) in [5.41, 5.74) is 2.58. The number of likely N-dealkylation sites (tertiary alicyclic amines) is 1. The van der Waals surface area contributed by atoms with Gasteiger partial charge in [0.1, 0.15) is 5.60 Å². The van der Waals surface area contributed by atoms with E-state index in [1.165, 1.54) is 5.56 Å². The maximum atomic E-state index is 13.7. The Morgan fingerprint density at radius 2 is 1.68 bits per heavy atom. The van der Waals surface area contributed by atoms with Crippen molar-refractivity contribution in [2.45, 2.75) is 31.9 Å². The lowest BCUT2D eigenvalue weighted by Gasteiger charge is -2.42. The minimum Gasteiger partial charge on any atom is -0.450 e. The van der Waals surface area contributed by atoms with E-state index in [1.807, 2.05) is 35.2 Å². The Morgan fingerprint density at radius 1 is 0.971 bits per heavy atom. The Hall–Kier alpha value is -2.83. The molecule has 3 aliphatic heterocycles. The van der Waals surface area contributed by atoms with E-state index >= 15 is 0 Å². The van der Waals surface area contributed by atoms with Crippen LogP contribution in [0.1, 0.15) is 25.3 Å². The van der Waals surface area contributed by atoms with E-state index in [0.717, 1.165) is 38.4 Å². The van der Waals surface area contributed by atoms with Crippen molar-refractivity contribution >= 4 is 29.2 Å². The van der Waals surface area contributed by atoms with Gasteiger partial charge in [-0.25, -0.2) is 4.79 Å².